The maximum atomic E-state index is 10.3. The van der Waals surface area contributed by atoms with Gasteiger partial charge in [-0.15, -0.1) is 0 Å². The van der Waals surface area contributed by atoms with Gasteiger partial charge >= 0.3 is 5.97 Å². The van der Waals surface area contributed by atoms with Crippen molar-refractivity contribution in [1.29, 1.82) is 0 Å². The van der Waals surface area contributed by atoms with Crippen LogP contribution >= 0.6 is 0 Å². The molecule has 0 fully saturated rings. The van der Waals surface area contributed by atoms with Crippen LogP contribution in [0.5, 0.6) is 0 Å². The van der Waals surface area contributed by atoms with Crippen LogP contribution in [-0.2, 0) is 42.7 Å². The predicted molar refractivity (Wildman–Crippen MR) is 95.5 cm³/mol. The summed E-state index contributed by atoms with van der Waals surface area (Å²) >= 11 is 0. The number of methoxy groups -OCH3 is 3. The minimum Gasteiger partial charge on any atom is -0.463 e. The Balaban J connectivity index is 0. The van der Waals surface area contributed by atoms with E-state index in [0.717, 1.165) is 0 Å². The summed E-state index contributed by atoms with van der Waals surface area (Å²) in [6.45, 7) is 8.05. The normalized spacial score (nSPS) is 10.3. The number of hydrogen-bond donors (Lipinski definition) is 0. The van der Waals surface area contributed by atoms with Crippen molar-refractivity contribution in [3.63, 3.8) is 0 Å². The summed E-state index contributed by atoms with van der Waals surface area (Å²) in [5.41, 5.74) is 0. The first-order valence-corrected chi connectivity index (χ1v) is 8.60. The summed E-state index contributed by atoms with van der Waals surface area (Å²) in [5.74, 6) is -0.287. The molecule has 26 heavy (non-hydrogen) atoms. The third-order valence-electron chi connectivity index (χ3n) is 2.57. The third-order valence-corrected chi connectivity index (χ3v) is 2.57. The van der Waals surface area contributed by atoms with Gasteiger partial charge in [0.05, 0.1) is 72.7 Å². The molecular weight excluding hydrogens is 348 g/mol. The van der Waals surface area contributed by atoms with Crippen LogP contribution in [0.15, 0.2) is 0 Å². The van der Waals surface area contributed by atoms with Crippen LogP contribution in [0.4, 0.5) is 0 Å². The monoisotopic (exact) mass is 384 g/mol. The Morgan fingerprint density at radius 1 is 0.500 bits per heavy atom. The van der Waals surface area contributed by atoms with Gasteiger partial charge in [0.1, 0.15) is 6.61 Å². The van der Waals surface area contributed by atoms with Crippen LogP contribution in [0.2, 0.25) is 0 Å². The summed E-state index contributed by atoms with van der Waals surface area (Å²) in [7, 11) is 4.93. The average Bonchev–Trinajstić information content (AvgIpc) is 2.63. The highest BCUT2D eigenvalue weighted by Gasteiger charge is 1.93. The fourth-order valence-electron chi connectivity index (χ4n) is 1.32. The molecule has 0 atom stereocenters. The van der Waals surface area contributed by atoms with Gasteiger partial charge in [-0.25, -0.2) is 0 Å². The molecule has 0 aromatic heterocycles. The summed E-state index contributed by atoms with van der Waals surface area (Å²) in [4.78, 5) is 10.3. The average molecular weight is 384 g/mol. The Kier molecular flexibility index (Phi) is 27.9. The molecule has 0 bridgehead atoms. The van der Waals surface area contributed by atoms with Crippen molar-refractivity contribution >= 4 is 5.97 Å². The van der Waals surface area contributed by atoms with Crippen molar-refractivity contribution in [2.45, 2.75) is 6.92 Å². The topological polar surface area (TPSA) is 90.9 Å². The lowest BCUT2D eigenvalue weighted by molar-refractivity contribution is -0.142. The van der Waals surface area contributed by atoms with Crippen molar-refractivity contribution < 1.29 is 42.7 Å². The van der Waals surface area contributed by atoms with E-state index in [1.807, 2.05) is 0 Å². The zero-order chi connectivity index (χ0) is 19.7. The molecule has 0 N–H and O–H groups in total. The number of carbonyl (C=O) groups is 1. The lowest BCUT2D eigenvalue weighted by Crippen LogP contribution is -2.12. The summed E-state index contributed by atoms with van der Waals surface area (Å²) < 4.78 is 39.6. The quantitative estimate of drug-likeness (QED) is 0.248. The molecule has 0 unspecified atom stereocenters. The zero-order valence-electron chi connectivity index (χ0n) is 16.7. The van der Waals surface area contributed by atoms with Crippen LogP contribution in [0.1, 0.15) is 6.92 Å². The molecule has 0 aliphatic heterocycles. The van der Waals surface area contributed by atoms with Crippen LogP contribution in [-0.4, -0.2) is 107 Å². The lowest BCUT2D eigenvalue weighted by Gasteiger charge is -2.05. The Hall–Kier alpha value is -0.810. The van der Waals surface area contributed by atoms with E-state index in [-0.39, 0.29) is 5.97 Å². The Labute approximate surface area is 157 Å². The zero-order valence-corrected chi connectivity index (χ0v) is 16.7. The molecular formula is C17H36O9. The van der Waals surface area contributed by atoms with Gasteiger partial charge in [-0.1, -0.05) is 0 Å². The van der Waals surface area contributed by atoms with Crippen molar-refractivity contribution in [3.8, 4) is 0 Å². The van der Waals surface area contributed by atoms with Crippen LogP contribution in [0.3, 0.4) is 0 Å². The van der Waals surface area contributed by atoms with Crippen LogP contribution in [0, 0.1) is 0 Å². The maximum absolute atomic E-state index is 10.3. The van der Waals surface area contributed by atoms with E-state index in [2.05, 4.69) is 4.74 Å². The number of esters is 1. The third kappa shape index (κ3) is 31.0. The Morgan fingerprint density at radius 2 is 0.769 bits per heavy atom. The molecule has 0 spiro atoms. The number of hydrogen-bond acceptors (Lipinski definition) is 9. The smallest absolute Gasteiger partial charge is 0.302 e. The van der Waals surface area contributed by atoms with Gasteiger partial charge in [0.15, 0.2) is 0 Å². The highest BCUT2D eigenvalue weighted by molar-refractivity contribution is 5.65. The number of carbonyl (C=O) groups excluding carboxylic acids is 1. The molecule has 158 valence electrons. The van der Waals surface area contributed by atoms with E-state index in [4.69, 9.17) is 33.2 Å². The second kappa shape index (κ2) is 26.4. The molecule has 0 saturated carbocycles. The SMILES string of the molecule is COCCOCCOCCOC.COCCOCCOCCOC(C)=O. The minimum absolute atomic E-state index is 0.287. The van der Waals surface area contributed by atoms with Gasteiger partial charge in [0, 0.05) is 28.3 Å². The first kappa shape index (κ1) is 27.4. The van der Waals surface area contributed by atoms with E-state index in [0.29, 0.717) is 79.3 Å². The van der Waals surface area contributed by atoms with Gasteiger partial charge in [-0.05, 0) is 0 Å². The molecule has 0 aliphatic carbocycles. The van der Waals surface area contributed by atoms with Crippen molar-refractivity contribution in [3.05, 3.63) is 0 Å². The van der Waals surface area contributed by atoms with Gasteiger partial charge in [-0.2, -0.15) is 0 Å². The van der Waals surface area contributed by atoms with Gasteiger partial charge in [-0.3, -0.25) is 4.79 Å². The first-order chi connectivity index (χ1) is 12.7. The standard InChI is InChI=1S/C9H18O5.C8H18O4/c1-9(10)14-8-7-13-6-5-12-4-3-11-2;1-9-3-5-11-7-8-12-6-4-10-2/h3-8H2,1-2H3;3-8H2,1-2H3. The summed E-state index contributed by atoms with van der Waals surface area (Å²) in [6, 6.07) is 0. The Bertz CT molecular complexity index is 255. The highest BCUT2D eigenvalue weighted by atomic mass is 16.6. The number of rotatable bonds is 18. The largest absolute Gasteiger partial charge is 0.463 e. The van der Waals surface area contributed by atoms with Crippen LogP contribution in [0.25, 0.3) is 0 Å². The molecule has 9 nitrogen and oxygen atoms in total. The molecule has 0 saturated heterocycles. The molecule has 9 heteroatoms. The molecule has 0 radical (unpaired) electrons. The summed E-state index contributed by atoms with van der Waals surface area (Å²) in [6.07, 6.45) is 0. The second-order valence-corrected chi connectivity index (χ2v) is 4.77. The fraction of sp³-hybridized carbons (Fsp3) is 0.941. The number of ether oxygens (including phenoxy) is 8. The van der Waals surface area contributed by atoms with E-state index < -0.39 is 0 Å². The van der Waals surface area contributed by atoms with E-state index in [1.54, 1.807) is 21.3 Å². The van der Waals surface area contributed by atoms with Gasteiger partial charge in [0.25, 0.3) is 0 Å². The molecule has 0 heterocycles. The maximum Gasteiger partial charge on any atom is 0.302 e. The molecule has 0 aromatic rings. The van der Waals surface area contributed by atoms with Gasteiger partial charge < -0.3 is 37.9 Å². The summed E-state index contributed by atoms with van der Waals surface area (Å²) in [5, 5.41) is 0. The van der Waals surface area contributed by atoms with Crippen molar-refractivity contribution in [1.82, 2.24) is 0 Å². The first-order valence-electron chi connectivity index (χ1n) is 8.60. The van der Waals surface area contributed by atoms with Crippen molar-refractivity contribution in [2.24, 2.45) is 0 Å². The highest BCUT2D eigenvalue weighted by Crippen LogP contribution is 1.82. The van der Waals surface area contributed by atoms with Crippen LogP contribution < -0.4 is 0 Å². The van der Waals surface area contributed by atoms with E-state index in [9.17, 15) is 4.79 Å². The molecule has 0 aromatic carbocycles. The van der Waals surface area contributed by atoms with Gasteiger partial charge in [0.2, 0.25) is 0 Å². The predicted octanol–water partition coefficient (Wildman–Crippen LogP) is 0.542. The lowest BCUT2D eigenvalue weighted by atomic mass is 10.7. The fourth-order valence-corrected chi connectivity index (χ4v) is 1.32. The molecule has 0 aliphatic rings. The molecule has 0 rings (SSSR count). The second-order valence-electron chi connectivity index (χ2n) is 4.77. The van der Waals surface area contributed by atoms with E-state index in [1.165, 1.54) is 6.92 Å². The van der Waals surface area contributed by atoms with Crippen molar-refractivity contribution in [2.75, 3.05) is 101 Å². The molecule has 0 amide bonds. The van der Waals surface area contributed by atoms with E-state index >= 15 is 0 Å². The minimum atomic E-state index is -0.287. The Morgan fingerprint density at radius 3 is 1.04 bits per heavy atom.